The van der Waals surface area contributed by atoms with E-state index in [1.165, 1.54) is 0 Å². The first-order valence-corrected chi connectivity index (χ1v) is 4.56. The van der Waals surface area contributed by atoms with Crippen LogP contribution in [0.25, 0.3) is 0 Å². The van der Waals surface area contributed by atoms with Gasteiger partial charge in [0.05, 0.1) is 18.2 Å². The van der Waals surface area contributed by atoms with Crippen molar-refractivity contribution in [2.24, 2.45) is 5.92 Å². The lowest BCUT2D eigenvalue weighted by atomic mass is 9.76. The molecule has 2 unspecified atom stereocenters. The minimum absolute atomic E-state index is 0.205. The van der Waals surface area contributed by atoms with Crippen molar-refractivity contribution >= 4 is 5.97 Å². The first-order valence-electron chi connectivity index (χ1n) is 4.56. The van der Waals surface area contributed by atoms with Gasteiger partial charge in [0.2, 0.25) is 0 Å². The van der Waals surface area contributed by atoms with Gasteiger partial charge >= 0.3 is 5.97 Å². The first-order chi connectivity index (χ1) is 6.24. The van der Waals surface area contributed by atoms with Gasteiger partial charge in [-0.05, 0) is 13.8 Å². The van der Waals surface area contributed by atoms with Crippen molar-refractivity contribution in [3.05, 3.63) is 23.4 Å². The molecule has 0 spiro atoms. The lowest BCUT2D eigenvalue weighted by Crippen LogP contribution is -2.54. The van der Waals surface area contributed by atoms with Crippen LogP contribution in [0.1, 0.15) is 13.8 Å². The van der Waals surface area contributed by atoms with Crippen LogP contribution >= 0.6 is 0 Å². The Morgan fingerprint density at radius 3 is 2.77 bits per heavy atom. The van der Waals surface area contributed by atoms with Crippen LogP contribution in [0.15, 0.2) is 23.4 Å². The Labute approximate surface area is 77.5 Å². The molecule has 3 nitrogen and oxygen atoms in total. The summed E-state index contributed by atoms with van der Waals surface area (Å²) in [4.78, 5) is 11.3. The van der Waals surface area contributed by atoms with E-state index in [2.05, 4.69) is 17.5 Å². The Hall–Kier alpha value is -1.25. The number of esters is 1. The zero-order chi connectivity index (χ0) is 9.42. The average molecular weight is 179 g/mol. The summed E-state index contributed by atoms with van der Waals surface area (Å²) in [6.07, 6.45) is 4.21. The van der Waals surface area contributed by atoms with Crippen LogP contribution < -0.4 is 5.32 Å². The van der Waals surface area contributed by atoms with E-state index in [0.29, 0.717) is 24.1 Å². The number of hydrogen-bond donors (Lipinski definition) is 1. The Morgan fingerprint density at radius 1 is 1.62 bits per heavy atom. The first kappa shape index (κ1) is 8.35. The molecule has 70 valence electrons. The SMILES string of the molecule is CCOC(=O)/C(C)=C1/NC2C=CC12. The van der Waals surface area contributed by atoms with Gasteiger partial charge in [0.25, 0.3) is 0 Å². The molecule has 1 aliphatic heterocycles. The van der Waals surface area contributed by atoms with Gasteiger partial charge in [0.15, 0.2) is 0 Å². The van der Waals surface area contributed by atoms with Crippen LogP contribution in [0.5, 0.6) is 0 Å². The van der Waals surface area contributed by atoms with Crippen LogP contribution in [-0.4, -0.2) is 18.6 Å². The fourth-order valence-electron chi connectivity index (χ4n) is 1.63. The minimum atomic E-state index is -0.205. The zero-order valence-electron chi connectivity index (χ0n) is 7.83. The molecule has 2 aliphatic rings. The van der Waals surface area contributed by atoms with E-state index in [9.17, 15) is 4.79 Å². The topological polar surface area (TPSA) is 38.3 Å². The predicted octanol–water partition coefficient (Wildman–Crippen LogP) is 0.981. The van der Waals surface area contributed by atoms with Crippen molar-refractivity contribution in [3.63, 3.8) is 0 Å². The number of fused-ring (bicyclic) bond motifs is 1. The van der Waals surface area contributed by atoms with Crippen molar-refractivity contribution in [1.82, 2.24) is 5.32 Å². The van der Waals surface area contributed by atoms with Crippen LogP contribution in [0.2, 0.25) is 0 Å². The molecule has 0 saturated carbocycles. The standard InChI is InChI=1S/C10H13NO2/c1-3-13-10(12)6(2)9-7-4-5-8(7)11-9/h4-5,7-8,11H,3H2,1-2H3/b9-6+. The highest BCUT2D eigenvalue weighted by Gasteiger charge is 2.39. The van der Waals surface area contributed by atoms with Gasteiger partial charge in [0, 0.05) is 11.6 Å². The summed E-state index contributed by atoms with van der Waals surface area (Å²) in [5.41, 5.74) is 1.75. The third-order valence-corrected chi connectivity index (χ3v) is 2.55. The Balaban J connectivity index is 2.07. The van der Waals surface area contributed by atoms with E-state index in [4.69, 9.17) is 4.74 Å². The lowest BCUT2D eigenvalue weighted by Gasteiger charge is -2.45. The summed E-state index contributed by atoms with van der Waals surface area (Å²) < 4.78 is 4.91. The highest BCUT2D eigenvalue weighted by Crippen LogP contribution is 2.36. The molecule has 3 heteroatoms. The molecule has 0 radical (unpaired) electrons. The molecule has 1 aliphatic carbocycles. The molecule has 13 heavy (non-hydrogen) atoms. The molecular weight excluding hydrogens is 166 g/mol. The van der Waals surface area contributed by atoms with Crippen LogP contribution in [0, 0.1) is 5.92 Å². The summed E-state index contributed by atoms with van der Waals surface area (Å²) in [6, 6.07) is 0.472. The Bertz CT molecular complexity index is 304. The Morgan fingerprint density at radius 2 is 2.38 bits per heavy atom. The fraction of sp³-hybridized carbons (Fsp3) is 0.500. The summed E-state index contributed by atoms with van der Waals surface area (Å²) in [7, 11) is 0. The van der Waals surface area contributed by atoms with Crippen molar-refractivity contribution in [3.8, 4) is 0 Å². The lowest BCUT2D eigenvalue weighted by molar-refractivity contribution is -0.138. The largest absolute Gasteiger partial charge is 0.463 e. The van der Waals surface area contributed by atoms with E-state index >= 15 is 0 Å². The highest BCUT2D eigenvalue weighted by atomic mass is 16.5. The maximum Gasteiger partial charge on any atom is 0.335 e. The second kappa shape index (κ2) is 2.91. The number of rotatable bonds is 2. The third-order valence-electron chi connectivity index (χ3n) is 2.55. The van der Waals surface area contributed by atoms with E-state index in [0.717, 1.165) is 5.70 Å². The van der Waals surface area contributed by atoms with Gasteiger partial charge in [-0.1, -0.05) is 12.2 Å². The van der Waals surface area contributed by atoms with Gasteiger partial charge in [-0.2, -0.15) is 0 Å². The number of hydrogen-bond acceptors (Lipinski definition) is 3. The van der Waals surface area contributed by atoms with Gasteiger partial charge in [-0.3, -0.25) is 0 Å². The van der Waals surface area contributed by atoms with E-state index in [1.807, 2.05) is 13.8 Å². The van der Waals surface area contributed by atoms with E-state index in [-0.39, 0.29) is 5.97 Å². The second-order valence-corrected chi connectivity index (χ2v) is 3.34. The van der Waals surface area contributed by atoms with Crippen molar-refractivity contribution < 1.29 is 9.53 Å². The van der Waals surface area contributed by atoms with E-state index in [1.54, 1.807) is 0 Å². The average Bonchev–Trinajstić information content (AvgIpc) is 2.09. The smallest absolute Gasteiger partial charge is 0.335 e. The van der Waals surface area contributed by atoms with Crippen molar-refractivity contribution in [1.29, 1.82) is 0 Å². The molecule has 0 bridgehead atoms. The molecule has 1 fully saturated rings. The number of ether oxygens (including phenoxy) is 1. The molecule has 1 saturated heterocycles. The maximum atomic E-state index is 11.3. The number of carbonyl (C=O) groups excluding carboxylic acids is 1. The predicted molar refractivity (Wildman–Crippen MR) is 48.9 cm³/mol. The monoisotopic (exact) mass is 179 g/mol. The highest BCUT2D eigenvalue weighted by molar-refractivity contribution is 5.89. The third kappa shape index (κ3) is 1.15. The molecule has 0 aromatic carbocycles. The normalized spacial score (nSPS) is 32.2. The summed E-state index contributed by atoms with van der Waals surface area (Å²) in [5.74, 6) is 0.244. The summed E-state index contributed by atoms with van der Waals surface area (Å²) >= 11 is 0. The summed E-state index contributed by atoms with van der Waals surface area (Å²) in [5, 5.41) is 3.21. The molecular formula is C10H13NO2. The van der Waals surface area contributed by atoms with Crippen LogP contribution in [-0.2, 0) is 9.53 Å². The van der Waals surface area contributed by atoms with Gasteiger partial charge in [-0.25, -0.2) is 4.79 Å². The molecule has 1 heterocycles. The molecule has 1 N–H and O–H groups in total. The molecule has 0 aromatic heterocycles. The molecule has 0 amide bonds. The zero-order valence-corrected chi connectivity index (χ0v) is 7.83. The maximum absolute atomic E-state index is 11.3. The van der Waals surface area contributed by atoms with Crippen LogP contribution in [0.4, 0.5) is 0 Å². The van der Waals surface area contributed by atoms with Gasteiger partial charge < -0.3 is 10.1 Å². The van der Waals surface area contributed by atoms with E-state index < -0.39 is 0 Å². The van der Waals surface area contributed by atoms with Gasteiger partial charge in [-0.15, -0.1) is 0 Å². The van der Waals surface area contributed by atoms with Crippen molar-refractivity contribution in [2.45, 2.75) is 19.9 Å². The molecule has 2 rings (SSSR count). The number of carbonyl (C=O) groups is 1. The quantitative estimate of drug-likeness (QED) is 0.390. The van der Waals surface area contributed by atoms with Gasteiger partial charge in [0.1, 0.15) is 0 Å². The Kier molecular flexibility index (Phi) is 1.87. The minimum Gasteiger partial charge on any atom is -0.463 e. The molecule has 0 aromatic rings. The van der Waals surface area contributed by atoms with Crippen LogP contribution in [0.3, 0.4) is 0 Å². The fourth-order valence-corrected chi connectivity index (χ4v) is 1.63. The number of nitrogens with one attached hydrogen (secondary N) is 1. The van der Waals surface area contributed by atoms with Crippen molar-refractivity contribution in [2.75, 3.05) is 6.61 Å². The second-order valence-electron chi connectivity index (χ2n) is 3.34. The molecule has 2 atom stereocenters. The summed E-state index contributed by atoms with van der Waals surface area (Å²) in [6.45, 7) is 4.06.